The van der Waals surface area contributed by atoms with Crippen LogP contribution in [0.5, 0.6) is 0 Å². The topological polar surface area (TPSA) is 62.7 Å². The molecule has 2 aliphatic heterocycles. The van der Waals surface area contributed by atoms with Gasteiger partial charge in [-0.15, -0.1) is 0 Å². The number of likely N-dealkylation sites (tertiary alicyclic amines) is 1. The Hall–Kier alpha value is -2.24. The standard InChI is InChI=1S/C23H28N2O3/c26-20-16-21(19-4-2-1-3-5-19)28-23(17-20)10-14-25(15-11-23)22(27)7-6-18-8-12-24-13-9-18/h1-5,8-9,12-13,20-21,26H,6-7,10-11,14-17H2/t20-,21-/m1/s1. The fraction of sp³-hybridized carbons (Fsp3) is 0.478. The van der Waals surface area contributed by atoms with Crippen molar-refractivity contribution < 1.29 is 14.6 Å². The van der Waals surface area contributed by atoms with Gasteiger partial charge < -0.3 is 14.7 Å². The Balaban J connectivity index is 1.34. The summed E-state index contributed by atoms with van der Waals surface area (Å²) < 4.78 is 6.52. The van der Waals surface area contributed by atoms with Crippen LogP contribution >= 0.6 is 0 Å². The number of rotatable bonds is 4. The van der Waals surface area contributed by atoms with Gasteiger partial charge in [0.05, 0.1) is 17.8 Å². The lowest BCUT2D eigenvalue weighted by atomic mass is 9.81. The second-order valence-electron chi connectivity index (χ2n) is 8.03. The zero-order valence-corrected chi connectivity index (χ0v) is 16.2. The zero-order chi connectivity index (χ0) is 19.4. The largest absolute Gasteiger partial charge is 0.393 e. The van der Waals surface area contributed by atoms with Crippen LogP contribution in [0.2, 0.25) is 0 Å². The molecule has 2 aromatic rings. The van der Waals surface area contributed by atoms with Crippen LogP contribution in [0.1, 0.15) is 49.3 Å². The molecule has 148 valence electrons. The van der Waals surface area contributed by atoms with Crippen molar-refractivity contribution in [1.82, 2.24) is 9.88 Å². The third-order valence-electron chi connectivity index (χ3n) is 6.06. The molecule has 0 aliphatic carbocycles. The number of carbonyl (C=O) groups excluding carboxylic acids is 1. The number of benzene rings is 1. The number of aliphatic hydroxyl groups excluding tert-OH is 1. The lowest BCUT2D eigenvalue weighted by Crippen LogP contribution is -2.52. The summed E-state index contributed by atoms with van der Waals surface area (Å²) in [6, 6.07) is 14.1. The maximum absolute atomic E-state index is 12.6. The highest BCUT2D eigenvalue weighted by atomic mass is 16.5. The first-order valence-electron chi connectivity index (χ1n) is 10.2. The average molecular weight is 380 g/mol. The van der Waals surface area contributed by atoms with Gasteiger partial charge in [0.1, 0.15) is 0 Å². The van der Waals surface area contributed by atoms with E-state index in [0.29, 0.717) is 32.4 Å². The van der Waals surface area contributed by atoms with Gasteiger partial charge in [-0.3, -0.25) is 9.78 Å². The van der Waals surface area contributed by atoms with Crippen molar-refractivity contribution in [2.75, 3.05) is 13.1 Å². The molecule has 0 unspecified atom stereocenters. The summed E-state index contributed by atoms with van der Waals surface area (Å²) in [5.74, 6) is 0.197. The van der Waals surface area contributed by atoms with E-state index in [0.717, 1.165) is 30.4 Å². The van der Waals surface area contributed by atoms with Crippen LogP contribution in [0, 0.1) is 0 Å². The monoisotopic (exact) mass is 380 g/mol. The number of carbonyl (C=O) groups is 1. The van der Waals surface area contributed by atoms with Crippen LogP contribution in [0.15, 0.2) is 54.9 Å². The number of aromatic nitrogens is 1. The van der Waals surface area contributed by atoms with Crippen LogP contribution in [0.25, 0.3) is 0 Å². The Morgan fingerprint density at radius 3 is 2.57 bits per heavy atom. The predicted octanol–water partition coefficient (Wildman–Crippen LogP) is 3.29. The van der Waals surface area contributed by atoms with Gasteiger partial charge in [0.15, 0.2) is 0 Å². The second-order valence-corrected chi connectivity index (χ2v) is 8.03. The van der Waals surface area contributed by atoms with Gasteiger partial charge >= 0.3 is 0 Å². The van der Waals surface area contributed by atoms with Crippen LogP contribution in [-0.4, -0.2) is 45.7 Å². The molecular formula is C23H28N2O3. The molecule has 0 radical (unpaired) electrons. The summed E-state index contributed by atoms with van der Waals surface area (Å²) in [7, 11) is 0. The van der Waals surface area contributed by atoms with Gasteiger partial charge in [-0.2, -0.15) is 0 Å². The highest BCUT2D eigenvalue weighted by Crippen LogP contribution is 2.43. The molecule has 2 fully saturated rings. The quantitative estimate of drug-likeness (QED) is 0.884. The molecule has 1 spiro atoms. The molecule has 5 nitrogen and oxygen atoms in total. The Morgan fingerprint density at radius 2 is 1.86 bits per heavy atom. The number of hydrogen-bond acceptors (Lipinski definition) is 4. The highest BCUT2D eigenvalue weighted by Gasteiger charge is 2.44. The van der Waals surface area contributed by atoms with E-state index in [1.54, 1.807) is 12.4 Å². The molecule has 0 saturated carbocycles. The highest BCUT2D eigenvalue weighted by molar-refractivity contribution is 5.76. The van der Waals surface area contributed by atoms with Gasteiger partial charge in [-0.25, -0.2) is 0 Å². The fourth-order valence-corrected chi connectivity index (χ4v) is 4.47. The number of pyridine rings is 1. The lowest BCUT2D eigenvalue weighted by molar-refractivity contribution is -0.185. The zero-order valence-electron chi connectivity index (χ0n) is 16.2. The average Bonchev–Trinajstić information content (AvgIpc) is 2.73. The van der Waals surface area contributed by atoms with E-state index >= 15 is 0 Å². The summed E-state index contributed by atoms with van der Waals surface area (Å²) in [4.78, 5) is 18.6. The minimum absolute atomic E-state index is 0.0705. The van der Waals surface area contributed by atoms with Crippen molar-refractivity contribution in [2.45, 2.75) is 56.3 Å². The van der Waals surface area contributed by atoms with Crippen molar-refractivity contribution in [3.05, 3.63) is 66.0 Å². The molecule has 28 heavy (non-hydrogen) atoms. The number of piperidine rings is 1. The number of aliphatic hydroxyl groups is 1. The van der Waals surface area contributed by atoms with E-state index in [-0.39, 0.29) is 23.7 Å². The van der Waals surface area contributed by atoms with E-state index in [1.807, 2.05) is 35.2 Å². The molecule has 3 heterocycles. The molecular weight excluding hydrogens is 352 g/mol. The van der Waals surface area contributed by atoms with Crippen LogP contribution in [-0.2, 0) is 16.0 Å². The van der Waals surface area contributed by atoms with Gasteiger partial charge in [0, 0.05) is 44.7 Å². The maximum Gasteiger partial charge on any atom is 0.222 e. The number of amides is 1. The third-order valence-corrected chi connectivity index (χ3v) is 6.06. The smallest absolute Gasteiger partial charge is 0.222 e. The minimum Gasteiger partial charge on any atom is -0.393 e. The van der Waals surface area contributed by atoms with E-state index in [9.17, 15) is 9.90 Å². The van der Waals surface area contributed by atoms with E-state index < -0.39 is 0 Å². The molecule has 0 bridgehead atoms. The van der Waals surface area contributed by atoms with Gasteiger partial charge in [-0.1, -0.05) is 30.3 Å². The predicted molar refractivity (Wildman–Crippen MR) is 107 cm³/mol. The first-order valence-corrected chi connectivity index (χ1v) is 10.2. The second kappa shape index (κ2) is 8.41. The molecule has 1 aromatic carbocycles. The van der Waals surface area contributed by atoms with Crippen molar-refractivity contribution >= 4 is 5.91 Å². The molecule has 2 saturated heterocycles. The Morgan fingerprint density at radius 1 is 1.14 bits per heavy atom. The van der Waals surface area contributed by atoms with Crippen molar-refractivity contribution in [3.8, 4) is 0 Å². The van der Waals surface area contributed by atoms with Crippen molar-refractivity contribution in [1.29, 1.82) is 0 Å². The lowest BCUT2D eigenvalue weighted by Gasteiger charge is -2.48. The summed E-state index contributed by atoms with van der Waals surface area (Å²) in [5.41, 5.74) is 1.94. The Labute approximate surface area is 166 Å². The van der Waals surface area contributed by atoms with E-state index in [4.69, 9.17) is 4.74 Å². The van der Waals surface area contributed by atoms with Crippen LogP contribution in [0.3, 0.4) is 0 Å². The maximum atomic E-state index is 12.6. The number of aryl methyl sites for hydroxylation is 1. The fourth-order valence-electron chi connectivity index (χ4n) is 4.47. The Kier molecular flexibility index (Phi) is 5.74. The van der Waals surface area contributed by atoms with Gasteiger partial charge in [-0.05, 0) is 42.5 Å². The first-order chi connectivity index (χ1) is 13.6. The molecule has 2 aliphatic rings. The number of nitrogens with zero attached hydrogens (tertiary/aromatic N) is 2. The van der Waals surface area contributed by atoms with E-state index in [1.165, 1.54) is 0 Å². The molecule has 1 aromatic heterocycles. The molecule has 4 rings (SSSR count). The molecule has 1 amide bonds. The SMILES string of the molecule is O=C(CCc1ccncc1)N1CCC2(CC1)C[C@H](O)C[C@H](c1ccccc1)O2. The molecule has 5 heteroatoms. The van der Waals surface area contributed by atoms with E-state index in [2.05, 4.69) is 17.1 Å². The summed E-state index contributed by atoms with van der Waals surface area (Å²) >= 11 is 0. The van der Waals surface area contributed by atoms with Crippen LogP contribution in [0.4, 0.5) is 0 Å². The van der Waals surface area contributed by atoms with Crippen molar-refractivity contribution in [2.24, 2.45) is 0 Å². The van der Waals surface area contributed by atoms with Crippen LogP contribution < -0.4 is 0 Å². The van der Waals surface area contributed by atoms with Gasteiger partial charge in [0.25, 0.3) is 0 Å². The third kappa shape index (κ3) is 4.42. The van der Waals surface area contributed by atoms with Crippen molar-refractivity contribution in [3.63, 3.8) is 0 Å². The first kappa shape index (κ1) is 19.1. The summed E-state index contributed by atoms with van der Waals surface area (Å²) in [6.07, 6.45) is 7.24. The molecule has 2 atom stereocenters. The number of ether oxygens (including phenoxy) is 1. The normalized spacial score (nSPS) is 24.2. The van der Waals surface area contributed by atoms with Gasteiger partial charge in [0.2, 0.25) is 5.91 Å². The summed E-state index contributed by atoms with van der Waals surface area (Å²) in [6.45, 7) is 1.40. The minimum atomic E-state index is -0.354. The number of hydrogen-bond donors (Lipinski definition) is 1. The summed E-state index contributed by atoms with van der Waals surface area (Å²) in [5, 5.41) is 10.5. The Bertz CT molecular complexity index is 773. The molecule has 1 N–H and O–H groups in total.